The summed E-state index contributed by atoms with van der Waals surface area (Å²) in [6, 6.07) is 5.26. The van der Waals surface area contributed by atoms with E-state index in [0.29, 0.717) is 29.1 Å². The normalized spacial score (nSPS) is 25.4. The van der Waals surface area contributed by atoms with Crippen LogP contribution in [0.25, 0.3) is 0 Å². The maximum absolute atomic E-state index is 6.33. The average Bonchev–Trinajstić information content (AvgIpc) is 3.09. The molecule has 0 spiro atoms. The predicted molar refractivity (Wildman–Crippen MR) is 81.9 cm³/mol. The summed E-state index contributed by atoms with van der Waals surface area (Å²) in [6.45, 7) is 0.846. The Hall–Kier alpha value is -0.780. The van der Waals surface area contributed by atoms with Gasteiger partial charge in [0.1, 0.15) is 0 Å². The molecule has 2 aromatic rings. The molecule has 3 rings (SSSR count). The maximum Gasteiger partial charge on any atom is 0.215 e. The fraction of sp³-hybridized carbons (Fsp3) is 0.357. The van der Waals surface area contributed by atoms with Crippen molar-refractivity contribution in [3.05, 3.63) is 52.5 Å². The quantitative estimate of drug-likeness (QED) is 0.791. The Bertz CT molecular complexity index is 621. The zero-order valence-corrected chi connectivity index (χ0v) is 13.3. The first-order valence-corrected chi connectivity index (χ1v) is 7.71. The van der Waals surface area contributed by atoms with E-state index in [0.717, 1.165) is 5.56 Å². The first kappa shape index (κ1) is 15.1. The summed E-state index contributed by atoms with van der Waals surface area (Å²) < 4.78 is 13.9. The van der Waals surface area contributed by atoms with Crippen molar-refractivity contribution >= 4 is 34.8 Å². The van der Waals surface area contributed by atoms with Gasteiger partial charge in [0.2, 0.25) is 5.79 Å². The Morgan fingerprint density at radius 2 is 2.24 bits per heavy atom. The van der Waals surface area contributed by atoms with Gasteiger partial charge in [-0.25, -0.2) is 4.98 Å². The highest BCUT2D eigenvalue weighted by molar-refractivity contribution is 6.35. The van der Waals surface area contributed by atoms with Crippen LogP contribution >= 0.6 is 34.8 Å². The monoisotopic (exact) mass is 346 g/mol. The van der Waals surface area contributed by atoms with Crippen LogP contribution in [0, 0.1) is 0 Å². The lowest BCUT2D eigenvalue weighted by molar-refractivity contribution is -0.184. The fourth-order valence-electron chi connectivity index (χ4n) is 2.37. The molecule has 0 saturated carbocycles. The maximum atomic E-state index is 6.33. The van der Waals surface area contributed by atoms with Gasteiger partial charge in [0, 0.05) is 23.0 Å². The van der Waals surface area contributed by atoms with Crippen molar-refractivity contribution in [2.24, 2.45) is 0 Å². The lowest BCUT2D eigenvalue weighted by atomic mass is 10.1. The number of nitrogens with zero attached hydrogens (tertiary/aromatic N) is 2. The largest absolute Gasteiger partial charge is 0.342 e. The minimum absolute atomic E-state index is 0.179. The number of halogens is 3. The van der Waals surface area contributed by atoms with Crippen molar-refractivity contribution < 1.29 is 9.47 Å². The van der Waals surface area contributed by atoms with Crippen LogP contribution in [0.5, 0.6) is 0 Å². The number of benzene rings is 1. The van der Waals surface area contributed by atoms with Gasteiger partial charge in [-0.15, -0.1) is 11.6 Å². The summed E-state index contributed by atoms with van der Waals surface area (Å²) in [6.07, 6.45) is 5.06. The third-order valence-electron chi connectivity index (χ3n) is 3.32. The van der Waals surface area contributed by atoms with Crippen LogP contribution < -0.4 is 0 Å². The molecule has 0 aliphatic carbocycles. The Labute approximate surface area is 137 Å². The first-order valence-electron chi connectivity index (χ1n) is 6.42. The van der Waals surface area contributed by atoms with Crippen molar-refractivity contribution in [1.82, 2.24) is 9.55 Å². The van der Waals surface area contributed by atoms with E-state index in [-0.39, 0.29) is 6.10 Å². The van der Waals surface area contributed by atoms with Crippen LogP contribution in [0.3, 0.4) is 0 Å². The number of hydrogen-bond donors (Lipinski definition) is 0. The Balaban J connectivity index is 1.99. The van der Waals surface area contributed by atoms with Crippen LogP contribution in [0.4, 0.5) is 0 Å². The summed E-state index contributed by atoms with van der Waals surface area (Å²) in [7, 11) is 0. The predicted octanol–water partition coefficient (Wildman–Crippen LogP) is 3.70. The van der Waals surface area contributed by atoms with Crippen LogP contribution in [-0.2, 0) is 21.8 Å². The number of ether oxygens (including phenoxy) is 2. The molecule has 2 heterocycles. The van der Waals surface area contributed by atoms with E-state index < -0.39 is 5.79 Å². The standard InChI is InChI=1S/C14H13Cl3N2O2/c15-6-11-7-20-14(21-11,8-19-4-3-18-9-19)12-2-1-10(16)5-13(12)17/h1-5,9,11H,6-8H2. The zero-order chi connectivity index (χ0) is 14.9. The van der Waals surface area contributed by atoms with Gasteiger partial charge in [0.15, 0.2) is 0 Å². The average molecular weight is 348 g/mol. The Kier molecular flexibility index (Phi) is 4.43. The van der Waals surface area contributed by atoms with E-state index in [4.69, 9.17) is 44.3 Å². The van der Waals surface area contributed by atoms with E-state index in [1.54, 1.807) is 24.7 Å². The summed E-state index contributed by atoms with van der Waals surface area (Å²) in [5.41, 5.74) is 0.731. The van der Waals surface area contributed by atoms with Crippen molar-refractivity contribution in [2.75, 3.05) is 12.5 Å². The van der Waals surface area contributed by atoms with Crippen molar-refractivity contribution in [2.45, 2.75) is 18.4 Å². The minimum Gasteiger partial charge on any atom is -0.342 e. The molecule has 21 heavy (non-hydrogen) atoms. The fourth-order valence-corrected chi connectivity index (χ4v) is 3.07. The summed E-state index contributed by atoms with van der Waals surface area (Å²) in [5, 5.41) is 1.06. The van der Waals surface area contributed by atoms with Gasteiger partial charge in [0.05, 0.1) is 36.5 Å². The Morgan fingerprint density at radius 1 is 1.38 bits per heavy atom. The molecule has 0 bridgehead atoms. The van der Waals surface area contributed by atoms with Crippen LogP contribution in [0.1, 0.15) is 5.56 Å². The van der Waals surface area contributed by atoms with Gasteiger partial charge in [0.25, 0.3) is 0 Å². The third kappa shape index (κ3) is 3.05. The molecule has 1 saturated heterocycles. The molecular weight excluding hydrogens is 335 g/mol. The van der Waals surface area contributed by atoms with Crippen LogP contribution in [0.2, 0.25) is 10.0 Å². The zero-order valence-electron chi connectivity index (χ0n) is 11.0. The van der Waals surface area contributed by atoms with Crippen LogP contribution in [-0.4, -0.2) is 28.1 Å². The summed E-state index contributed by atoms with van der Waals surface area (Å²) >= 11 is 18.2. The van der Waals surface area contributed by atoms with Crippen molar-refractivity contribution in [3.63, 3.8) is 0 Å². The highest BCUT2D eigenvalue weighted by Gasteiger charge is 2.44. The molecule has 1 aliphatic heterocycles. The summed E-state index contributed by atoms with van der Waals surface area (Å²) in [5.74, 6) is -0.626. The van der Waals surface area contributed by atoms with E-state index in [1.165, 1.54) is 0 Å². The second-order valence-electron chi connectivity index (χ2n) is 4.82. The highest BCUT2D eigenvalue weighted by atomic mass is 35.5. The molecule has 1 fully saturated rings. The number of alkyl halides is 1. The molecule has 2 atom stereocenters. The number of hydrogen-bond acceptors (Lipinski definition) is 3. The number of aromatic nitrogens is 2. The highest BCUT2D eigenvalue weighted by Crippen LogP contribution is 2.40. The third-order valence-corrected chi connectivity index (χ3v) is 4.21. The SMILES string of the molecule is ClCC1COC(Cn2ccnc2)(c2ccc(Cl)cc2Cl)O1. The molecule has 112 valence electrons. The lowest BCUT2D eigenvalue weighted by Gasteiger charge is -2.29. The topological polar surface area (TPSA) is 36.3 Å². The molecule has 1 aromatic heterocycles. The van der Waals surface area contributed by atoms with Gasteiger partial charge in [-0.1, -0.05) is 29.3 Å². The van der Waals surface area contributed by atoms with Gasteiger partial charge in [-0.3, -0.25) is 0 Å². The van der Waals surface area contributed by atoms with Crippen molar-refractivity contribution in [3.8, 4) is 0 Å². The smallest absolute Gasteiger partial charge is 0.215 e. The van der Waals surface area contributed by atoms with Crippen LogP contribution in [0.15, 0.2) is 36.9 Å². The first-order chi connectivity index (χ1) is 10.1. The van der Waals surface area contributed by atoms with Gasteiger partial charge in [-0.2, -0.15) is 0 Å². The molecule has 7 heteroatoms. The molecule has 0 amide bonds. The van der Waals surface area contributed by atoms with E-state index >= 15 is 0 Å². The van der Waals surface area contributed by atoms with Gasteiger partial charge in [-0.05, 0) is 12.1 Å². The van der Waals surface area contributed by atoms with E-state index in [9.17, 15) is 0 Å². The van der Waals surface area contributed by atoms with Gasteiger partial charge < -0.3 is 14.0 Å². The van der Waals surface area contributed by atoms with Crippen molar-refractivity contribution in [1.29, 1.82) is 0 Å². The van der Waals surface area contributed by atoms with E-state index in [2.05, 4.69) is 4.98 Å². The molecule has 0 N–H and O–H groups in total. The second kappa shape index (κ2) is 6.15. The number of rotatable bonds is 4. The molecule has 2 unspecified atom stereocenters. The molecule has 1 aromatic carbocycles. The molecule has 1 aliphatic rings. The van der Waals surface area contributed by atoms with E-state index in [1.807, 2.05) is 16.8 Å². The number of imidazole rings is 1. The molecule has 0 radical (unpaired) electrons. The van der Waals surface area contributed by atoms with Gasteiger partial charge >= 0.3 is 0 Å². The minimum atomic E-state index is -0.984. The Morgan fingerprint density at radius 3 is 2.86 bits per heavy atom. The second-order valence-corrected chi connectivity index (χ2v) is 5.97. The summed E-state index contributed by atoms with van der Waals surface area (Å²) in [4.78, 5) is 4.04. The molecular formula is C14H13Cl3N2O2. The molecule has 4 nitrogen and oxygen atoms in total. The lowest BCUT2D eigenvalue weighted by Crippen LogP contribution is -2.34.